The van der Waals surface area contributed by atoms with Gasteiger partial charge in [-0.05, 0) is 13.3 Å². The Morgan fingerprint density at radius 2 is 1.89 bits per heavy atom. The van der Waals surface area contributed by atoms with Crippen LogP contribution in [0.2, 0.25) is 0 Å². The summed E-state index contributed by atoms with van der Waals surface area (Å²) in [6, 6.07) is 0. The fourth-order valence-corrected chi connectivity index (χ4v) is 0. The second kappa shape index (κ2) is 10.4. The van der Waals surface area contributed by atoms with Gasteiger partial charge in [-0.15, -0.1) is 6.58 Å². The molecule has 0 aliphatic carbocycles. The fraction of sp³-hybridized carbons (Fsp3) is 0.625. The lowest BCUT2D eigenvalue weighted by molar-refractivity contribution is -0.414. The van der Waals surface area contributed by atoms with Crippen molar-refractivity contribution in [3.63, 3.8) is 0 Å². The maximum absolute atomic E-state index is 3.67. The first-order chi connectivity index (χ1) is 4.18. The summed E-state index contributed by atoms with van der Waals surface area (Å²) in [7, 11) is 1.88. The Morgan fingerprint density at radius 3 is 1.89 bits per heavy atom. The summed E-state index contributed by atoms with van der Waals surface area (Å²) in [5, 5.41) is 0. The van der Waals surface area contributed by atoms with Crippen molar-refractivity contribution in [2.24, 2.45) is 0 Å². The zero-order valence-corrected chi connectivity index (χ0v) is 6.99. The number of nitrogens with one attached hydrogen (secondary N) is 1. The van der Waals surface area contributed by atoms with E-state index in [4.69, 9.17) is 0 Å². The molecule has 0 spiro atoms. The highest BCUT2D eigenvalue weighted by Crippen LogP contribution is 1.88. The van der Waals surface area contributed by atoms with E-state index in [9.17, 15) is 0 Å². The molecule has 0 heterocycles. The predicted octanol–water partition coefficient (Wildman–Crippen LogP) is 0.760. The molecule has 9 heavy (non-hydrogen) atoms. The minimum Gasteiger partial charge on any atom is -0.255 e. The van der Waals surface area contributed by atoms with E-state index < -0.39 is 0 Å². The molecule has 54 valence electrons. The molecule has 0 amide bonds. The van der Waals surface area contributed by atoms with Gasteiger partial charge in [-0.1, -0.05) is 12.5 Å². The van der Waals surface area contributed by atoms with Crippen molar-refractivity contribution >= 4 is 6.21 Å². The average Bonchev–Trinajstić information content (AvgIpc) is 1.89. The van der Waals surface area contributed by atoms with Gasteiger partial charge in [0.1, 0.15) is 13.3 Å². The van der Waals surface area contributed by atoms with Crippen LogP contribution in [0.15, 0.2) is 12.2 Å². The summed E-state index contributed by atoms with van der Waals surface area (Å²) in [4.78, 5) is 2.81. The molecule has 0 rings (SSSR count). The molecule has 1 N–H and O–H groups in total. The predicted molar refractivity (Wildman–Crippen MR) is 43.7 cm³/mol. The van der Waals surface area contributed by atoms with Crippen molar-refractivity contribution in [1.29, 1.82) is 0 Å². The topological polar surface area (TPSA) is 14.0 Å². The molecule has 0 aliphatic rings. The Kier molecular flexibility index (Phi) is 13.0. The summed E-state index contributed by atoms with van der Waals surface area (Å²) in [6.45, 7) is 9.75. The lowest BCUT2D eigenvalue weighted by Gasteiger charge is -1.79. The molecule has 1 heteroatoms. The molecule has 0 radical (unpaired) electrons. The van der Waals surface area contributed by atoms with Crippen LogP contribution in [-0.4, -0.2) is 13.3 Å². The molecule has 0 bridgehead atoms. The van der Waals surface area contributed by atoms with Gasteiger partial charge in [0.05, 0.1) is 0 Å². The molecule has 0 aliphatic heterocycles. The minimum atomic E-state index is 1.11. The van der Waals surface area contributed by atoms with Gasteiger partial charge in [-0.25, -0.2) is 0 Å². The molecule has 0 aromatic heterocycles. The van der Waals surface area contributed by atoms with Crippen LogP contribution in [0.3, 0.4) is 0 Å². The number of allylic oxidation sites excluding steroid dienone is 1. The Balaban J connectivity index is 0. The molecular formula is C8H18N+. The molecule has 0 aromatic carbocycles. The molecule has 0 saturated heterocycles. The number of rotatable bonds is 1. The van der Waals surface area contributed by atoms with Crippen molar-refractivity contribution in [2.45, 2.75) is 27.2 Å². The van der Waals surface area contributed by atoms with Crippen LogP contribution in [0.4, 0.5) is 0 Å². The van der Waals surface area contributed by atoms with Crippen LogP contribution < -0.4 is 4.99 Å². The standard InChI is InChI=1S/C5H10.C3H7N/c1-4-5(2)3;1-3-4-2/h2,4H2,1,3H3;3H,1-2H3/p+1. The van der Waals surface area contributed by atoms with Crippen molar-refractivity contribution in [2.75, 3.05) is 7.05 Å². The fourth-order valence-electron chi connectivity index (χ4n) is 0. The van der Waals surface area contributed by atoms with Crippen molar-refractivity contribution < 1.29 is 4.99 Å². The van der Waals surface area contributed by atoms with E-state index >= 15 is 0 Å². The van der Waals surface area contributed by atoms with Gasteiger partial charge in [0, 0.05) is 6.92 Å². The van der Waals surface area contributed by atoms with E-state index in [0.717, 1.165) is 6.42 Å². The number of hydrogen-bond acceptors (Lipinski definition) is 0. The van der Waals surface area contributed by atoms with Crippen molar-refractivity contribution in [1.82, 2.24) is 0 Å². The normalized spacial score (nSPS) is 8.44. The Labute approximate surface area is 58.5 Å². The first-order valence-corrected chi connectivity index (χ1v) is 3.28. The van der Waals surface area contributed by atoms with E-state index in [0.29, 0.717) is 0 Å². The lowest BCUT2D eigenvalue weighted by atomic mass is 10.3. The molecule has 0 aromatic rings. The largest absolute Gasteiger partial charge is 0.255 e. The summed E-state index contributed by atoms with van der Waals surface area (Å²) in [5.41, 5.74) is 1.25. The Morgan fingerprint density at radius 1 is 1.67 bits per heavy atom. The lowest BCUT2D eigenvalue weighted by Crippen LogP contribution is -2.62. The molecule has 0 saturated carbocycles. The Bertz CT molecular complexity index is 78.6. The van der Waals surface area contributed by atoms with Crippen molar-refractivity contribution in [3.05, 3.63) is 12.2 Å². The monoisotopic (exact) mass is 128 g/mol. The van der Waals surface area contributed by atoms with E-state index in [2.05, 4.69) is 18.5 Å². The molecular weight excluding hydrogens is 110 g/mol. The highest BCUT2D eigenvalue weighted by Gasteiger charge is 1.67. The van der Waals surface area contributed by atoms with Crippen LogP contribution >= 0.6 is 0 Å². The van der Waals surface area contributed by atoms with Crippen LogP contribution in [0.5, 0.6) is 0 Å². The van der Waals surface area contributed by atoms with Gasteiger partial charge in [0.2, 0.25) is 0 Å². The highest BCUT2D eigenvalue weighted by atomic mass is 14.6. The minimum absolute atomic E-state index is 1.11. The summed E-state index contributed by atoms with van der Waals surface area (Å²) >= 11 is 0. The third kappa shape index (κ3) is 37.3. The van der Waals surface area contributed by atoms with E-state index in [1.807, 2.05) is 27.1 Å². The van der Waals surface area contributed by atoms with Crippen LogP contribution in [-0.2, 0) is 0 Å². The molecule has 0 fully saturated rings. The van der Waals surface area contributed by atoms with E-state index in [-0.39, 0.29) is 0 Å². The van der Waals surface area contributed by atoms with E-state index in [1.165, 1.54) is 5.57 Å². The van der Waals surface area contributed by atoms with Gasteiger partial charge in [-0.2, -0.15) is 0 Å². The second-order valence-corrected chi connectivity index (χ2v) is 1.89. The number of hydrogen-bond donors (Lipinski definition) is 1. The quantitative estimate of drug-likeness (QED) is 0.396. The van der Waals surface area contributed by atoms with Gasteiger partial charge < -0.3 is 0 Å². The van der Waals surface area contributed by atoms with Gasteiger partial charge >= 0.3 is 0 Å². The van der Waals surface area contributed by atoms with Gasteiger partial charge in [-0.3, -0.25) is 4.99 Å². The zero-order valence-electron chi connectivity index (χ0n) is 6.99. The summed E-state index contributed by atoms with van der Waals surface area (Å²) < 4.78 is 0. The third-order valence-corrected chi connectivity index (χ3v) is 0.892. The van der Waals surface area contributed by atoms with Crippen LogP contribution in [0.25, 0.3) is 0 Å². The first kappa shape index (κ1) is 11.2. The van der Waals surface area contributed by atoms with Crippen molar-refractivity contribution in [3.8, 4) is 0 Å². The first-order valence-electron chi connectivity index (χ1n) is 3.28. The highest BCUT2D eigenvalue weighted by molar-refractivity contribution is 5.45. The summed E-state index contributed by atoms with van der Waals surface area (Å²) in [6.07, 6.45) is 2.99. The molecule has 1 nitrogen and oxygen atoms in total. The smallest absolute Gasteiger partial charge is 0.134 e. The SMILES string of the molecule is C=C(C)CC.CC=[NH+]C. The summed E-state index contributed by atoms with van der Waals surface area (Å²) in [5.74, 6) is 0. The maximum Gasteiger partial charge on any atom is 0.134 e. The van der Waals surface area contributed by atoms with E-state index in [1.54, 1.807) is 0 Å². The second-order valence-electron chi connectivity index (χ2n) is 1.89. The molecule has 0 unspecified atom stereocenters. The van der Waals surface area contributed by atoms with Gasteiger partial charge in [0.15, 0.2) is 0 Å². The molecule has 0 atom stereocenters. The van der Waals surface area contributed by atoms with Crippen LogP contribution in [0, 0.1) is 0 Å². The Hall–Kier alpha value is -0.590. The zero-order chi connectivity index (χ0) is 7.70. The third-order valence-electron chi connectivity index (χ3n) is 0.892. The average molecular weight is 128 g/mol. The van der Waals surface area contributed by atoms with Crippen LogP contribution in [0.1, 0.15) is 27.2 Å². The van der Waals surface area contributed by atoms with Gasteiger partial charge in [0.25, 0.3) is 0 Å². The maximum atomic E-state index is 3.67.